The van der Waals surface area contributed by atoms with Gasteiger partial charge in [0.1, 0.15) is 0 Å². The number of ether oxygens (including phenoxy) is 3. The lowest BCUT2D eigenvalue weighted by Gasteiger charge is -2.24. The molecule has 0 bridgehead atoms. The van der Waals surface area contributed by atoms with Crippen LogP contribution in [0.15, 0.2) is 47.8 Å². The third-order valence-electron chi connectivity index (χ3n) is 6.17. The second kappa shape index (κ2) is 9.58. The Labute approximate surface area is 207 Å². The highest BCUT2D eigenvalue weighted by atomic mass is 32.2. The maximum atomic E-state index is 13.1. The molecule has 0 amide bonds. The Morgan fingerprint density at radius 2 is 1.80 bits per heavy atom. The number of aryl methyl sites for hydroxylation is 1. The number of benzene rings is 2. The van der Waals surface area contributed by atoms with Crippen LogP contribution in [0.1, 0.15) is 45.1 Å². The molecule has 8 nitrogen and oxygen atoms in total. The predicted molar refractivity (Wildman–Crippen MR) is 133 cm³/mol. The van der Waals surface area contributed by atoms with Crippen LogP contribution in [-0.2, 0) is 12.2 Å². The van der Waals surface area contributed by atoms with Crippen LogP contribution in [0, 0.1) is 6.92 Å². The van der Waals surface area contributed by atoms with Gasteiger partial charge in [-0.1, -0.05) is 41.6 Å². The van der Waals surface area contributed by atoms with Crippen LogP contribution in [0.5, 0.6) is 17.2 Å². The number of hydrogen-bond acceptors (Lipinski definition) is 8. The van der Waals surface area contributed by atoms with Gasteiger partial charge in [0.05, 0.1) is 32.6 Å². The Bertz CT molecular complexity index is 1390. The maximum absolute atomic E-state index is 13.1. The first-order valence-corrected chi connectivity index (χ1v) is 12.3. The molecule has 1 aliphatic carbocycles. The fourth-order valence-electron chi connectivity index (χ4n) is 4.45. The summed E-state index contributed by atoms with van der Waals surface area (Å²) in [6.07, 6.45) is 2.73. The van der Waals surface area contributed by atoms with Gasteiger partial charge in [-0.2, -0.15) is 4.98 Å². The smallest absolute Gasteiger partial charge is 0.253 e. The quantitative estimate of drug-likeness (QED) is 0.346. The molecule has 35 heavy (non-hydrogen) atoms. The summed E-state index contributed by atoms with van der Waals surface area (Å²) in [6, 6.07) is 12.2. The van der Waals surface area contributed by atoms with Crippen molar-refractivity contribution in [2.45, 2.75) is 36.6 Å². The predicted octanol–water partition coefficient (Wildman–Crippen LogP) is 4.66. The number of rotatable bonds is 7. The highest BCUT2D eigenvalue weighted by Gasteiger charge is 2.30. The molecule has 0 unspecified atom stereocenters. The van der Waals surface area contributed by atoms with Gasteiger partial charge in [0.25, 0.3) is 5.78 Å². The molecule has 0 saturated carbocycles. The summed E-state index contributed by atoms with van der Waals surface area (Å²) < 4.78 is 18.0. The van der Waals surface area contributed by atoms with Crippen molar-refractivity contribution in [1.29, 1.82) is 0 Å². The fourth-order valence-corrected chi connectivity index (χ4v) is 5.22. The van der Waals surface area contributed by atoms with E-state index in [4.69, 9.17) is 19.2 Å². The molecule has 0 fully saturated rings. The molecule has 9 heteroatoms. The number of ketones is 1. The van der Waals surface area contributed by atoms with Crippen molar-refractivity contribution in [1.82, 2.24) is 19.6 Å². The van der Waals surface area contributed by atoms with E-state index in [1.807, 2.05) is 18.2 Å². The zero-order valence-corrected chi connectivity index (χ0v) is 20.9. The topological polar surface area (TPSA) is 87.8 Å². The number of nitrogens with zero attached hydrogens (tertiary/aromatic N) is 4. The minimum atomic E-state index is -0.0586. The van der Waals surface area contributed by atoms with Crippen LogP contribution in [0.2, 0.25) is 0 Å². The van der Waals surface area contributed by atoms with E-state index in [1.165, 1.54) is 11.1 Å². The van der Waals surface area contributed by atoms with Crippen molar-refractivity contribution >= 4 is 23.3 Å². The standard InChI is InChI=1S/C26H26N4O4S/c1-15-6-5-7-16(8-15)14-35-26-28-25-27-20-9-17(10-21(31)19(20)13-30(25)29-26)18-11-22(32-2)24(34-4)23(12-18)33-3/h5-8,11-13,17H,9-10,14H2,1-4H3/t17-/m0/s1. The molecule has 0 saturated heterocycles. The summed E-state index contributed by atoms with van der Waals surface area (Å²) in [5.74, 6) is 2.89. The lowest BCUT2D eigenvalue weighted by Crippen LogP contribution is -2.21. The minimum Gasteiger partial charge on any atom is -0.493 e. The van der Waals surface area contributed by atoms with E-state index in [9.17, 15) is 4.79 Å². The third-order valence-corrected chi connectivity index (χ3v) is 7.08. The first kappa shape index (κ1) is 23.2. The number of carbonyl (C=O) groups excluding carboxylic acids is 1. The zero-order valence-electron chi connectivity index (χ0n) is 20.1. The van der Waals surface area contributed by atoms with Crippen molar-refractivity contribution in [3.8, 4) is 17.2 Å². The molecule has 2 aromatic carbocycles. The number of carbonyl (C=O) groups is 1. The van der Waals surface area contributed by atoms with Gasteiger partial charge >= 0.3 is 0 Å². The summed E-state index contributed by atoms with van der Waals surface area (Å²) in [4.78, 5) is 22.4. The zero-order chi connectivity index (χ0) is 24.5. The Balaban J connectivity index is 1.42. The number of thioether (sulfide) groups is 1. The molecule has 1 atom stereocenters. The molecule has 0 spiro atoms. The lowest BCUT2D eigenvalue weighted by atomic mass is 9.82. The molecule has 180 valence electrons. The second-order valence-corrected chi connectivity index (χ2v) is 9.45. The number of Topliss-reactive ketones (excluding diaryl/α,β-unsaturated/α-hetero) is 1. The molecule has 2 aromatic heterocycles. The summed E-state index contributed by atoms with van der Waals surface area (Å²) in [7, 11) is 4.74. The van der Waals surface area contributed by atoms with Gasteiger partial charge < -0.3 is 14.2 Å². The molecule has 4 aromatic rings. The van der Waals surface area contributed by atoms with E-state index in [-0.39, 0.29) is 11.7 Å². The number of hydrogen-bond donors (Lipinski definition) is 0. The molecule has 0 radical (unpaired) electrons. The number of aromatic nitrogens is 4. The summed E-state index contributed by atoms with van der Waals surface area (Å²) >= 11 is 1.55. The number of fused-ring (bicyclic) bond motifs is 2. The van der Waals surface area contributed by atoms with E-state index in [2.05, 4.69) is 35.2 Å². The molecule has 5 rings (SSSR count). The van der Waals surface area contributed by atoms with Crippen LogP contribution in [0.4, 0.5) is 0 Å². The Hall–Kier alpha value is -3.59. The van der Waals surface area contributed by atoms with Gasteiger partial charge in [0.15, 0.2) is 17.3 Å². The van der Waals surface area contributed by atoms with Crippen molar-refractivity contribution in [3.05, 3.63) is 70.5 Å². The van der Waals surface area contributed by atoms with E-state index in [0.717, 1.165) is 17.0 Å². The molecular formula is C26H26N4O4S. The van der Waals surface area contributed by atoms with Gasteiger partial charge in [-0.25, -0.2) is 9.50 Å². The summed E-state index contributed by atoms with van der Waals surface area (Å²) in [5, 5.41) is 5.18. The highest BCUT2D eigenvalue weighted by molar-refractivity contribution is 7.98. The highest BCUT2D eigenvalue weighted by Crippen LogP contribution is 2.42. The molecule has 0 N–H and O–H groups in total. The summed E-state index contributed by atoms with van der Waals surface area (Å²) in [6.45, 7) is 2.08. The Kier molecular flexibility index (Phi) is 6.34. The first-order valence-electron chi connectivity index (χ1n) is 11.3. The maximum Gasteiger partial charge on any atom is 0.253 e. The van der Waals surface area contributed by atoms with Crippen molar-refractivity contribution in [2.75, 3.05) is 21.3 Å². The SMILES string of the molecule is COc1cc([C@@H]2CC(=O)c3cn4nc(SCc5cccc(C)c5)nc4nc3C2)cc(OC)c1OC. The van der Waals surface area contributed by atoms with Gasteiger partial charge in [-0.05, 0) is 42.5 Å². The van der Waals surface area contributed by atoms with Gasteiger partial charge in [-0.3, -0.25) is 4.79 Å². The average molecular weight is 491 g/mol. The fraction of sp³-hybridized carbons (Fsp3) is 0.308. The largest absolute Gasteiger partial charge is 0.493 e. The van der Waals surface area contributed by atoms with Crippen LogP contribution in [0.25, 0.3) is 5.78 Å². The van der Waals surface area contributed by atoms with E-state index >= 15 is 0 Å². The monoisotopic (exact) mass is 490 g/mol. The normalized spacial score (nSPS) is 15.2. The number of methoxy groups -OCH3 is 3. The minimum absolute atomic E-state index is 0.0314. The Morgan fingerprint density at radius 1 is 1.03 bits per heavy atom. The molecule has 0 aliphatic heterocycles. The van der Waals surface area contributed by atoms with Crippen molar-refractivity contribution in [3.63, 3.8) is 0 Å². The second-order valence-electron chi connectivity index (χ2n) is 8.50. The van der Waals surface area contributed by atoms with Crippen LogP contribution >= 0.6 is 11.8 Å². The van der Waals surface area contributed by atoms with E-state index in [0.29, 0.717) is 46.6 Å². The van der Waals surface area contributed by atoms with E-state index < -0.39 is 0 Å². The summed E-state index contributed by atoms with van der Waals surface area (Å²) in [5.41, 5.74) is 4.71. The van der Waals surface area contributed by atoms with Crippen molar-refractivity contribution < 1.29 is 19.0 Å². The first-order chi connectivity index (χ1) is 17.0. The van der Waals surface area contributed by atoms with Crippen LogP contribution in [0.3, 0.4) is 0 Å². The van der Waals surface area contributed by atoms with Crippen LogP contribution < -0.4 is 14.2 Å². The third kappa shape index (κ3) is 4.55. The van der Waals surface area contributed by atoms with E-state index in [1.54, 1.807) is 43.8 Å². The average Bonchev–Trinajstić information content (AvgIpc) is 3.27. The molecular weight excluding hydrogens is 464 g/mol. The van der Waals surface area contributed by atoms with Gasteiger partial charge in [-0.15, -0.1) is 5.10 Å². The van der Waals surface area contributed by atoms with Gasteiger partial charge in [0, 0.05) is 18.4 Å². The lowest BCUT2D eigenvalue weighted by molar-refractivity contribution is 0.0962. The van der Waals surface area contributed by atoms with Crippen LogP contribution in [-0.4, -0.2) is 46.7 Å². The molecule has 2 heterocycles. The molecule has 1 aliphatic rings. The Morgan fingerprint density at radius 3 is 2.49 bits per heavy atom. The van der Waals surface area contributed by atoms with Gasteiger partial charge in [0.2, 0.25) is 10.9 Å². The van der Waals surface area contributed by atoms with Crippen molar-refractivity contribution in [2.24, 2.45) is 0 Å².